The maximum Gasteiger partial charge on any atom is 0.247 e. The van der Waals surface area contributed by atoms with E-state index in [0.29, 0.717) is 23.2 Å². The molecule has 0 fully saturated rings. The number of hydrogen-bond donors (Lipinski definition) is 1. The Morgan fingerprint density at radius 3 is 2.78 bits per heavy atom. The molecule has 0 aliphatic rings. The van der Waals surface area contributed by atoms with E-state index in [4.69, 9.17) is 0 Å². The molecule has 0 aliphatic carbocycles. The van der Waals surface area contributed by atoms with E-state index in [1.165, 1.54) is 12.1 Å². The third-order valence-electron chi connectivity index (χ3n) is 2.81. The van der Waals surface area contributed by atoms with Crippen LogP contribution in [0.4, 0.5) is 14.5 Å². The first-order valence-electron chi connectivity index (χ1n) is 5.84. The molecule has 0 bridgehead atoms. The van der Waals surface area contributed by atoms with E-state index < -0.39 is 17.9 Å². The molecule has 0 heterocycles. The minimum atomic E-state index is -1.01. The van der Waals surface area contributed by atoms with Gasteiger partial charge in [0, 0.05) is 12.1 Å². The molecule has 0 saturated carbocycles. The van der Waals surface area contributed by atoms with E-state index in [1.807, 2.05) is 0 Å². The summed E-state index contributed by atoms with van der Waals surface area (Å²) < 4.78 is 26.8. The largest absolute Gasteiger partial charge is 0.322 e. The van der Waals surface area contributed by atoms with Gasteiger partial charge in [0.1, 0.15) is 12.0 Å². The number of carbonyl (C=O) groups is 1. The molecule has 18 heavy (non-hydrogen) atoms. The van der Waals surface area contributed by atoms with Crippen molar-refractivity contribution in [3.8, 4) is 0 Å². The van der Waals surface area contributed by atoms with Gasteiger partial charge in [-0.05, 0) is 42.7 Å². The van der Waals surface area contributed by atoms with Crippen LogP contribution in [0.15, 0.2) is 24.8 Å². The highest BCUT2D eigenvalue weighted by Crippen LogP contribution is 2.23. The lowest BCUT2D eigenvalue weighted by atomic mass is 10.00. The number of hydrogen-bond acceptors (Lipinski definition) is 1. The van der Waals surface area contributed by atoms with Crippen molar-refractivity contribution in [2.24, 2.45) is 0 Å². The summed E-state index contributed by atoms with van der Waals surface area (Å²) in [6, 6.07) is 2.53. The Hall–Kier alpha value is -1.71. The van der Waals surface area contributed by atoms with Crippen molar-refractivity contribution in [2.45, 2.75) is 32.9 Å². The molecule has 1 atom stereocenters. The lowest BCUT2D eigenvalue weighted by Crippen LogP contribution is -2.11. The Kier molecular flexibility index (Phi) is 5.01. The molecule has 1 aromatic rings. The van der Waals surface area contributed by atoms with Crippen molar-refractivity contribution in [2.75, 3.05) is 5.32 Å². The van der Waals surface area contributed by atoms with Crippen LogP contribution in [0.3, 0.4) is 0 Å². The molecule has 98 valence electrons. The average molecular weight is 253 g/mol. The Balaban J connectivity index is 3.05. The highest BCUT2D eigenvalue weighted by Gasteiger charge is 2.12. The lowest BCUT2D eigenvalue weighted by molar-refractivity contribution is -0.111. The Labute approximate surface area is 106 Å². The first-order chi connectivity index (χ1) is 8.47. The first-order valence-corrected chi connectivity index (χ1v) is 5.84. The van der Waals surface area contributed by atoms with Crippen LogP contribution in [0.2, 0.25) is 0 Å². The number of benzene rings is 1. The van der Waals surface area contributed by atoms with Crippen LogP contribution in [0, 0.1) is 12.7 Å². The summed E-state index contributed by atoms with van der Waals surface area (Å²) in [7, 11) is 0. The molecular formula is C14H17F2NO. The second-order valence-corrected chi connectivity index (χ2v) is 4.14. The van der Waals surface area contributed by atoms with Gasteiger partial charge in [-0.1, -0.05) is 13.5 Å². The number of rotatable bonds is 5. The maximum absolute atomic E-state index is 13.4. The fourth-order valence-electron chi connectivity index (χ4n) is 1.64. The van der Waals surface area contributed by atoms with Gasteiger partial charge in [-0.3, -0.25) is 4.79 Å². The molecule has 0 spiro atoms. The van der Waals surface area contributed by atoms with E-state index in [2.05, 4.69) is 11.9 Å². The summed E-state index contributed by atoms with van der Waals surface area (Å²) in [4.78, 5) is 11.2. The maximum atomic E-state index is 13.4. The van der Waals surface area contributed by atoms with Crippen molar-refractivity contribution in [3.63, 3.8) is 0 Å². The van der Waals surface area contributed by atoms with E-state index in [9.17, 15) is 13.6 Å². The molecule has 0 radical (unpaired) electrons. The first kappa shape index (κ1) is 14.4. The van der Waals surface area contributed by atoms with Gasteiger partial charge in [0.2, 0.25) is 5.91 Å². The topological polar surface area (TPSA) is 29.1 Å². The number of halogens is 2. The van der Waals surface area contributed by atoms with Gasteiger partial charge in [-0.15, -0.1) is 0 Å². The molecule has 1 unspecified atom stereocenters. The van der Waals surface area contributed by atoms with Gasteiger partial charge in [0.05, 0.1) is 0 Å². The average Bonchev–Trinajstić information content (AvgIpc) is 2.34. The number of anilines is 1. The number of amides is 1. The molecular weight excluding hydrogens is 236 g/mol. The molecule has 1 aromatic carbocycles. The highest BCUT2D eigenvalue weighted by molar-refractivity contribution is 5.99. The van der Waals surface area contributed by atoms with E-state index in [1.54, 1.807) is 13.8 Å². The summed E-state index contributed by atoms with van der Waals surface area (Å²) in [5.41, 5.74) is 1.62. The quantitative estimate of drug-likeness (QED) is 0.799. The fraction of sp³-hybridized carbons (Fsp3) is 0.357. The fourth-order valence-corrected chi connectivity index (χ4v) is 1.64. The summed E-state index contributed by atoms with van der Waals surface area (Å²) in [5, 5.41) is 2.51. The van der Waals surface area contributed by atoms with Crippen LogP contribution in [-0.4, -0.2) is 12.1 Å². The van der Waals surface area contributed by atoms with Crippen molar-refractivity contribution in [3.05, 3.63) is 41.7 Å². The molecule has 1 rings (SSSR count). The summed E-state index contributed by atoms with van der Waals surface area (Å²) in [5.74, 6) is -0.903. The molecule has 2 nitrogen and oxygen atoms in total. The molecule has 1 N–H and O–H groups in total. The predicted octanol–water partition coefficient (Wildman–Crippen LogP) is 3.55. The van der Waals surface area contributed by atoms with E-state index >= 15 is 0 Å². The molecule has 0 aromatic heterocycles. The second-order valence-electron chi connectivity index (χ2n) is 4.14. The van der Waals surface area contributed by atoms with E-state index in [-0.39, 0.29) is 6.42 Å². The number of nitrogens with one attached hydrogen (secondary N) is 1. The lowest BCUT2D eigenvalue weighted by Gasteiger charge is -2.13. The van der Waals surface area contributed by atoms with Gasteiger partial charge in [-0.2, -0.15) is 0 Å². The van der Waals surface area contributed by atoms with Gasteiger partial charge in [0.15, 0.2) is 0 Å². The third kappa shape index (κ3) is 3.65. The SMILES string of the molecule is C=CC(=O)Nc1cc(F)cc(CC(F)CC)c1C. The monoisotopic (exact) mass is 253 g/mol. The van der Waals surface area contributed by atoms with Crippen molar-refractivity contribution >= 4 is 11.6 Å². The summed E-state index contributed by atoms with van der Waals surface area (Å²) >= 11 is 0. The van der Waals surface area contributed by atoms with Crippen LogP contribution in [0.1, 0.15) is 24.5 Å². The minimum Gasteiger partial charge on any atom is -0.322 e. The van der Waals surface area contributed by atoms with Gasteiger partial charge in [-0.25, -0.2) is 8.78 Å². The van der Waals surface area contributed by atoms with Crippen LogP contribution >= 0.6 is 0 Å². The van der Waals surface area contributed by atoms with Crippen molar-refractivity contribution in [1.82, 2.24) is 0 Å². The Morgan fingerprint density at radius 1 is 1.56 bits per heavy atom. The number of carbonyl (C=O) groups excluding carboxylic acids is 1. The van der Waals surface area contributed by atoms with Gasteiger partial charge >= 0.3 is 0 Å². The summed E-state index contributed by atoms with van der Waals surface area (Å²) in [6.45, 7) is 6.79. The second kappa shape index (κ2) is 6.28. The summed E-state index contributed by atoms with van der Waals surface area (Å²) in [6.07, 6.45) is 0.628. The van der Waals surface area contributed by atoms with Gasteiger partial charge < -0.3 is 5.32 Å². The molecule has 4 heteroatoms. The standard InChI is InChI=1S/C14H17F2NO/c1-4-11(15)6-10-7-12(16)8-13(9(10)3)17-14(18)5-2/h5,7-8,11H,2,4,6H2,1,3H3,(H,17,18). The third-order valence-corrected chi connectivity index (χ3v) is 2.81. The predicted molar refractivity (Wildman–Crippen MR) is 68.9 cm³/mol. The van der Waals surface area contributed by atoms with Crippen LogP contribution < -0.4 is 5.32 Å². The normalized spacial score (nSPS) is 12.0. The zero-order valence-electron chi connectivity index (χ0n) is 10.6. The smallest absolute Gasteiger partial charge is 0.247 e. The number of alkyl halides is 1. The Morgan fingerprint density at radius 2 is 2.22 bits per heavy atom. The van der Waals surface area contributed by atoms with Crippen LogP contribution in [0.25, 0.3) is 0 Å². The minimum absolute atomic E-state index is 0.150. The van der Waals surface area contributed by atoms with Crippen LogP contribution in [-0.2, 0) is 11.2 Å². The van der Waals surface area contributed by atoms with Gasteiger partial charge in [0.25, 0.3) is 0 Å². The Bertz CT molecular complexity index is 457. The zero-order valence-corrected chi connectivity index (χ0v) is 10.6. The molecule has 0 saturated heterocycles. The van der Waals surface area contributed by atoms with E-state index in [0.717, 1.165) is 6.08 Å². The molecule has 1 amide bonds. The van der Waals surface area contributed by atoms with Crippen molar-refractivity contribution < 1.29 is 13.6 Å². The zero-order chi connectivity index (χ0) is 13.7. The van der Waals surface area contributed by atoms with Crippen LogP contribution in [0.5, 0.6) is 0 Å². The highest BCUT2D eigenvalue weighted by atomic mass is 19.1. The molecule has 0 aliphatic heterocycles. The van der Waals surface area contributed by atoms with Crippen molar-refractivity contribution in [1.29, 1.82) is 0 Å².